The van der Waals surface area contributed by atoms with E-state index in [0.717, 1.165) is 12.1 Å². The summed E-state index contributed by atoms with van der Waals surface area (Å²) >= 11 is 11.8. The van der Waals surface area contributed by atoms with E-state index in [2.05, 4.69) is 10.6 Å². The molecule has 0 fully saturated rings. The summed E-state index contributed by atoms with van der Waals surface area (Å²) in [5.41, 5.74) is 1.38. The van der Waals surface area contributed by atoms with Crippen LogP contribution in [0.5, 0.6) is 5.75 Å². The van der Waals surface area contributed by atoms with Crippen LogP contribution in [0.2, 0.25) is 10.0 Å². The van der Waals surface area contributed by atoms with E-state index in [4.69, 9.17) is 27.9 Å². The highest BCUT2D eigenvalue weighted by atomic mass is 35.5. The Morgan fingerprint density at radius 3 is 2.65 bits per heavy atom. The maximum absolute atomic E-state index is 12.1. The first kappa shape index (κ1) is 17.4. The van der Waals surface area contributed by atoms with Gasteiger partial charge in [0.1, 0.15) is 5.75 Å². The number of halogens is 2. The Kier molecular flexibility index (Phi) is 6.56. The molecule has 0 unspecified atom stereocenters. The number of carbonyl (C=O) groups excluding carboxylic acids is 1. The van der Waals surface area contributed by atoms with Crippen LogP contribution in [0.15, 0.2) is 42.5 Å². The number of rotatable bonds is 7. The number of carbonyl (C=O) groups is 1. The molecular formula is C17H18Cl2N2O2. The van der Waals surface area contributed by atoms with Crippen molar-refractivity contribution in [2.24, 2.45) is 0 Å². The molecule has 2 rings (SSSR count). The number of hydrogen-bond donors (Lipinski definition) is 2. The van der Waals surface area contributed by atoms with Crippen LogP contribution in [0.25, 0.3) is 0 Å². The first-order valence-corrected chi connectivity index (χ1v) is 8.06. The number of anilines is 2. The molecule has 0 aliphatic heterocycles. The molecular weight excluding hydrogens is 335 g/mol. The minimum atomic E-state index is -0.177. The molecule has 1 amide bonds. The van der Waals surface area contributed by atoms with Crippen molar-refractivity contribution in [3.63, 3.8) is 0 Å². The van der Waals surface area contributed by atoms with Gasteiger partial charge in [0.05, 0.1) is 28.9 Å². The molecule has 2 aromatic carbocycles. The fourth-order valence-electron chi connectivity index (χ4n) is 1.89. The smallest absolute Gasteiger partial charge is 0.243 e. The van der Waals surface area contributed by atoms with Crippen molar-refractivity contribution in [3.8, 4) is 5.75 Å². The lowest BCUT2D eigenvalue weighted by Gasteiger charge is -2.12. The van der Waals surface area contributed by atoms with Crippen LogP contribution in [-0.4, -0.2) is 19.1 Å². The van der Waals surface area contributed by atoms with Gasteiger partial charge in [0.15, 0.2) is 0 Å². The van der Waals surface area contributed by atoms with E-state index >= 15 is 0 Å². The van der Waals surface area contributed by atoms with Crippen molar-refractivity contribution >= 4 is 40.5 Å². The van der Waals surface area contributed by atoms with Gasteiger partial charge in [0, 0.05) is 5.69 Å². The monoisotopic (exact) mass is 352 g/mol. The zero-order valence-corrected chi connectivity index (χ0v) is 14.2. The second kappa shape index (κ2) is 8.65. The van der Waals surface area contributed by atoms with E-state index in [-0.39, 0.29) is 12.5 Å². The second-order valence-corrected chi connectivity index (χ2v) is 5.69. The summed E-state index contributed by atoms with van der Waals surface area (Å²) in [6.07, 6.45) is 0.904. The molecule has 0 aliphatic carbocycles. The van der Waals surface area contributed by atoms with Crippen LogP contribution in [0, 0.1) is 0 Å². The van der Waals surface area contributed by atoms with E-state index < -0.39 is 0 Å². The Morgan fingerprint density at radius 2 is 1.91 bits per heavy atom. The van der Waals surface area contributed by atoms with E-state index in [1.807, 2.05) is 31.2 Å². The molecule has 0 saturated carbocycles. The molecule has 23 heavy (non-hydrogen) atoms. The number of hydrogen-bond acceptors (Lipinski definition) is 3. The molecule has 0 atom stereocenters. The van der Waals surface area contributed by atoms with Crippen molar-refractivity contribution in [1.82, 2.24) is 0 Å². The van der Waals surface area contributed by atoms with Crippen LogP contribution in [0.4, 0.5) is 11.4 Å². The van der Waals surface area contributed by atoms with Crippen LogP contribution in [0.1, 0.15) is 13.3 Å². The molecule has 4 nitrogen and oxygen atoms in total. The Bertz CT molecular complexity index is 677. The van der Waals surface area contributed by atoms with Crippen molar-refractivity contribution in [1.29, 1.82) is 0 Å². The molecule has 0 saturated heterocycles. The number of para-hydroxylation sites is 2. The van der Waals surface area contributed by atoms with Gasteiger partial charge in [-0.25, -0.2) is 0 Å². The lowest BCUT2D eigenvalue weighted by molar-refractivity contribution is -0.114. The SMILES string of the molecule is CCCOc1ccccc1NC(=O)CNc1ccc(Cl)c(Cl)c1. The highest BCUT2D eigenvalue weighted by Gasteiger charge is 2.08. The molecule has 0 bridgehead atoms. The fourth-order valence-corrected chi connectivity index (χ4v) is 2.19. The van der Waals surface area contributed by atoms with Gasteiger partial charge in [0.2, 0.25) is 5.91 Å². The summed E-state index contributed by atoms with van der Waals surface area (Å²) in [4.78, 5) is 12.1. The van der Waals surface area contributed by atoms with Crippen LogP contribution in [-0.2, 0) is 4.79 Å². The number of benzene rings is 2. The highest BCUT2D eigenvalue weighted by Crippen LogP contribution is 2.25. The maximum Gasteiger partial charge on any atom is 0.243 e. The van der Waals surface area contributed by atoms with Gasteiger partial charge in [0.25, 0.3) is 0 Å². The highest BCUT2D eigenvalue weighted by molar-refractivity contribution is 6.42. The fraction of sp³-hybridized carbons (Fsp3) is 0.235. The molecule has 2 aromatic rings. The standard InChI is InChI=1S/C17H18Cl2N2O2/c1-2-9-23-16-6-4-3-5-15(16)21-17(22)11-20-12-7-8-13(18)14(19)10-12/h3-8,10,20H,2,9,11H2,1H3,(H,21,22). The first-order valence-electron chi connectivity index (χ1n) is 7.30. The topological polar surface area (TPSA) is 50.4 Å². The molecule has 0 aromatic heterocycles. The lowest BCUT2D eigenvalue weighted by atomic mass is 10.3. The van der Waals surface area contributed by atoms with Gasteiger partial charge in [-0.2, -0.15) is 0 Å². The minimum absolute atomic E-state index is 0.111. The minimum Gasteiger partial charge on any atom is -0.491 e. The van der Waals surface area contributed by atoms with Gasteiger partial charge in [-0.05, 0) is 36.8 Å². The zero-order chi connectivity index (χ0) is 16.7. The second-order valence-electron chi connectivity index (χ2n) is 4.88. The number of amides is 1. The zero-order valence-electron chi connectivity index (χ0n) is 12.7. The van der Waals surface area contributed by atoms with Crippen molar-refractivity contribution in [2.45, 2.75) is 13.3 Å². The number of ether oxygens (including phenoxy) is 1. The first-order chi connectivity index (χ1) is 11.1. The predicted octanol–water partition coefficient (Wildman–Crippen LogP) is 4.83. The van der Waals surface area contributed by atoms with Gasteiger partial charge >= 0.3 is 0 Å². The maximum atomic E-state index is 12.1. The van der Waals surface area contributed by atoms with E-state index in [1.54, 1.807) is 18.2 Å². The van der Waals surface area contributed by atoms with Crippen molar-refractivity contribution in [3.05, 3.63) is 52.5 Å². The van der Waals surface area contributed by atoms with Gasteiger partial charge < -0.3 is 15.4 Å². The summed E-state index contributed by atoms with van der Waals surface area (Å²) in [6, 6.07) is 12.5. The average Bonchev–Trinajstić information content (AvgIpc) is 2.55. The summed E-state index contributed by atoms with van der Waals surface area (Å²) < 4.78 is 5.61. The summed E-state index contributed by atoms with van der Waals surface area (Å²) in [7, 11) is 0. The Balaban J connectivity index is 1.93. The molecule has 0 aliphatic rings. The summed E-state index contributed by atoms with van der Waals surface area (Å²) in [5.74, 6) is 0.487. The lowest BCUT2D eigenvalue weighted by Crippen LogP contribution is -2.22. The average molecular weight is 353 g/mol. The predicted molar refractivity (Wildman–Crippen MR) is 95.8 cm³/mol. The Hall–Kier alpha value is -1.91. The molecule has 0 spiro atoms. The molecule has 2 N–H and O–H groups in total. The Morgan fingerprint density at radius 1 is 1.13 bits per heavy atom. The molecule has 0 heterocycles. The third-order valence-corrected chi connectivity index (χ3v) is 3.73. The van der Waals surface area contributed by atoms with Crippen LogP contribution >= 0.6 is 23.2 Å². The van der Waals surface area contributed by atoms with Crippen molar-refractivity contribution in [2.75, 3.05) is 23.8 Å². The normalized spacial score (nSPS) is 10.2. The third kappa shape index (κ3) is 5.34. The number of nitrogens with one attached hydrogen (secondary N) is 2. The van der Waals surface area contributed by atoms with Gasteiger partial charge in [-0.1, -0.05) is 42.3 Å². The summed E-state index contributed by atoms with van der Waals surface area (Å²) in [5, 5.41) is 6.75. The summed E-state index contributed by atoms with van der Waals surface area (Å²) in [6.45, 7) is 2.75. The molecule has 122 valence electrons. The van der Waals surface area contributed by atoms with E-state index in [1.165, 1.54) is 0 Å². The Labute approximate surface area is 145 Å². The quantitative estimate of drug-likeness (QED) is 0.749. The van der Waals surface area contributed by atoms with Crippen molar-refractivity contribution < 1.29 is 9.53 Å². The van der Waals surface area contributed by atoms with E-state index in [9.17, 15) is 4.79 Å². The van der Waals surface area contributed by atoms with Crippen LogP contribution < -0.4 is 15.4 Å². The third-order valence-electron chi connectivity index (χ3n) is 3.00. The van der Waals surface area contributed by atoms with Gasteiger partial charge in [-0.3, -0.25) is 4.79 Å². The van der Waals surface area contributed by atoms with Gasteiger partial charge in [-0.15, -0.1) is 0 Å². The molecule has 0 radical (unpaired) electrons. The largest absolute Gasteiger partial charge is 0.491 e. The molecule has 6 heteroatoms. The van der Waals surface area contributed by atoms with Crippen LogP contribution in [0.3, 0.4) is 0 Å². The van der Waals surface area contributed by atoms with E-state index in [0.29, 0.717) is 28.1 Å².